The molecule has 0 saturated carbocycles. The van der Waals surface area contributed by atoms with Gasteiger partial charge >= 0.3 is 0 Å². The van der Waals surface area contributed by atoms with Crippen LogP contribution in [-0.4, -0.2) is 19.5 Å². The number of hydrogen-bond acceptors (Lipinski definition) is 3. The smallest absolute Gasteiger partial charge is 0.165 e. The fraction of sp³-hybridized carbons (Fsp3) is 0.0702. The van der Waals surface area contributed by atoms with Crippen LogP contribution in [0.5, 0.6) is 0 Å². The van der Waals surface area contributed by atoms with Gasteiger partial charge in [0.15, 0.2) is 17.5 Å². The number of nitrogens with zero attached hydrogens (tertiary/aromatic N) is 4. The van der Waals surface area contributed by atoms with Crippen LogP contribution in [0.1, 0.15) is 30.5 Å². The molecule has 1 aliphatic carbocycles. The summed E-state index contributed by atoms with van der Waals surface area (Å²) < 4.78 is 2.62. The molecule has 0 aliphatic heterocycles. The molecule has 0 fully saturated rings. The zero-order valence-electron chi connectivity index (χ0n) is 34.0. The first kappa shape index (κ1) is 35.3. The Morgan fingerprint density at radius 2 is 0.885 bits per heavy atom. The van der Waals surface area contributed by atoms with Crippen LogP contribution in [0.25, 0.3) is 105 Å². The van der Waals surface area contributed by atoms with E-state index in [0.717, 1.165) is 39.6 Å². The lowest BCUT2D eigenvalue weighted by molar-refractivity contribution is 0.579. The molecule has 61 heavy (non-hydrogen) atoms. The topological polar surface area (TPSA) is 43.6 Å². The van der Waals surface area contributed by atoms with Crippen molar-refractivity contribution in [1.82, 2.24) is 19.5 Å². The molecule has 4 nitrogen and oxygen atoms in total. The van der Waals surface area contributed by atoms with Gasteiger partial charge in [0.25, 0.3) is 0 Å². The van der Waals surface area contributed by atoms with E-state index in [0.29, 0.717) is 17.5 Å². The lowest BCUT2D eigenvalue weighted by atomic mass is 9.75. The van der Waals surface area contributed by atoms with Gasteiger partial charge in [0.05, 0.1) is 17.1 Å². The third-order valence-electron chi connectivity index (χ3n) is 12.9. The lowest BCUT2D eigenvalue weighted by Gasteiger charge is -2.36. The Kier molecular flexibility index (Phi) is 8.07. The van der Waals surface area contributed by atoms with Gasteiger partial charge in [0.1, 0.15) is 0 Å². The summed E-state index contributed by atoms with van der Waals surface area (Å²) in [7, 11) is 0. The summed E-state index contributed by atoms with van der Waals surface area (Å²) in [6.07, 6.45) is 0.888. The van der Waals surface area contributed by atoms with Crippen LogP contribution in [0.15, 0.2) is 194 Å². The number of aromatic nitrogens is 4. The van der Waals surface area contributed by atoms with Gasteiger partial charge in [-0.15, -0.1) is 0 Å². The summed E-state index contributed by atoms with van der Waals surface area (Å²) in [5, 5.41) is 9.94. The average molecular weight is 781 g/mol. The normalized spacial score (nSPS) is 14.1. The van der Waals surface area contributed by atoms with Gasteiger partial charge in [-0.3, -0.25) is 0 Å². The SMILES string of the molecule is CC1=C(c2c(C)cc3ccccc3c2-c2nc(-c3ccccc3)nc(-c3cccc(-c4ccccc4)c3)n2)C[C@@H]1n1c2cc3ccccc3cc2c2cc3ccccc3cc21. The molecule has 0 radical (unpaired) electrons. The maximum atomic E-state index is 5.41. The van der Waals surface area contributed by atoms with Crippen molar-refractivity contribution in [2.24, 2.45) is 0 Å². The van der Waals surface area contributed by atoms with Gasteiger partial charge in [0, 0.05) is 27.5 Å². The van der Waals surface area contributed by atoms with Crippen molar-refractivity contribution in [2.45, 2.75) is 26.3 Å². The summed E-state index contributed by atoms with van der Waals surface area (Å²) in [4.78, 5) is 15.9. The summed E-state index contributed by atoms with van der Waals surface area (Å²) >= 11 is 0. The Balaban J connectivity index is 1.08. The maximum Gasteiger partial charge on any atom is 0.165 e. The quantitative estimate of drug-likeness (QED) is 0.169. The highest BCUT2D eigenvalue weighted by atomic mass is 15.0. The van der Waals surface area contributed by atoms with Crippen LogP contribution in [0.2, 0.25) is 0 Å². The fourth-order valence-electron chi connectivity index (χ4n) is 9.82. The Hall–Kier alpha value is -7.69. The van der Waals surface area contributed by atoms with E-state index < -0.39 is 0 Å². The number of allylic oxidation sites excluding steroid dienone is 2. The first-order valence-corrected chi connectivity index (χ1v) is 21.1. The molecule has 0 unspecified atom stereocenters. The molecule has 11 aromatic rings. The van der Waals surface area contributed by atoms with E-state index in [2.05, 4.69) is 188 Å². The predicted octanol–water partition coefficient (Wildman–Crippen LogP) is 14.8. The number of benzene rings is 9. The van der Waals surface area contributed by atoms with Gasteiger partial charge in [-0.05, 0) is 116 Å². The molecule has 9 aromatic carbocycles. The molecule has 0 N–H and O–H groups in total. The van der Waals surface area contributed by atoms with Crippen LogP contribution in [0.3, 0.4) is 0 Å². The van der Waals surface area contributed by atoms with Gasteiger partial charge in [-0.2, -0.15) is 0 Å². The highest BCUT2D eigenvalue weighted by Crippen LogP contribution is 2.52. The third kappa shape index (κ3) is 5.78. The van der Waals surface area contributed by atoms with E-state index in [1.165, 1.54) is 71.0 Å². The minimum atomic E-state index is 0.186. The number of rotatable bonds is 6. The largest absolute Gasteiger partial charge is 0.333 e. The molecular weight excluding hydrogens is 741 g/mol. The molecule has 0 bridgehead atoms. The molecule has 12 rings (SSSR count). The van der Waals surface area contributed by atoms with E-state index in [4.69, 9.17) is 15.0 Å². The average Bonchev–Trinajstić information content (AvgIpc) is 3.60. The number of hydrogen-bond donors (Lipinski definition) is 0. The molecule has 2 aromatic heterocycles. The first-order chi connectivity index (χ1) is 30.1. The van der Waals surface area contributed by atoms with E-state index >= 15 is 0 Å². The van der Waals surface area contributed by atoms with Crippen molar-refractivity contribution in [1.29, 1.82) is 0 Å². The van der Waals surface area contributed by atoms with Crippen molar-refractivity contribution in [3.05, 3.63) is 205 Å². The first-order valence-electron chi connectivity index (χ1n) is 21.1. The van der Waals surface area contributed by atoms with Crippen molar-refractivity contribution >= 4 is 59.7 Å². The Bertz CT molecular complexity index is 3490. The van der Waals surface area contributed by atoms with Crippen LogP contribution in [0, 0.1) is 6.92 Å². The van der Waals surface area contributed by atoms with E-state index in [9.17, 15) is 0 Å². The molecular formula is C57H40N4. The van der Waals surface area contributed by atoms with E-state index in [1.54, 1.807) is 0 Å². The van der Waals surface area contributed by atoms with Gasteiger partial charge < -0.3 is 4.57 Å². The van der Waals surface area contributed by atoms with Crippen LogP contribution < -0.4 is 0 Å². The molecule has 4 heteroatoms. The molecule has 0 amide bonds. The Labute approximate surface area is 354 Å². The second-order valence-corrected chi connectivity index (χ2v) is 16.5. The van der Waals surface area contributed by atoms with Crippen molar-refractivity contribution < 1.29 is 0 Å². The standard InChI is InChI=1S/C57H40N4/c1-35-28-44-24-13-14-27-46(44)54(57-59-55(38-18-7-4-8-19-38)58-56(60-57)45-26-15-25-39(29-45)37-16-5-3-6-17-37)53(35)47-34-50(36(47)2)61-51-32-42-22-11-9-20-40(42)30-48(51)49-31-41-21-10-12-23-43(41)33-52(49)61/h3-33,50H,34H2,1-2H3/t50-/m0/s1. The third-order valence-corrected chi connectivity index (χ3v) is 12.9. The summed E-state index contributed by atoms with van der Waals surface area (Å²) in [5.74, 6) is 1.99. The minimum Gasteiger partial charge on any atom is -0.333 e. The highest BCUT2D eigenvalue weighted by Gasteiger charge is 2.34. The lowest BCUT2D eigenvalue weighted by Crippen LogP contribution is -2.21. The predicted molar refractivity (Wildman–Crippen MR) is 255 cm³/mol. The summed E-state index contributed by atoms with van der Waals surface area (Å²) in [6.45, 7) is 4.59. The number of aryl methyl sites for hydroxylation is 1. The summed E-state index contributed by atoms with van der Waals surface area (Å²) in [5.41, 5.74) is 12.9. The number of fused-ring (bicyclic) bond motifs is 6. The van der Waals surface area contributed by atoms with Gasteiger partial charge in [-0.25, -0.2) is 15.0 Å². The fourth-order valence-corrected chi connectivity index (χ4v) is 9.82. The van der Waals surface area contributed by atoms with Crippen LogP contribution >= 0.6 is 0 Å². The van der Waals surface area contributed by atoms with Gasteiger partial charge in [0.2, 0.25) is 0 Å². The molecule has 2 heterocycles. The van der Waals surface area contributed by atoms with Gasteiger partial charge in [-0.1, -0.05) is 158 Å². The second-order valence-electron chi connectivity index (χ2n) is 16.5. The Morgan fingerprint density at radius 3 is 1.51 bits per heavy atom. The summed E-state index contributed by atoms with van der Waals surface area (Å²) in [6, 6.07) is 67.6. The van der Waals surface area contributed by atoms with E-state index in [1.807, 2.05) is 18.2 Å². The molecule has 0 saturated heterocycles. The molecule has 288 valence electrons. The Morgan fingerprint density at radius 1 is 0.393 bits per heavy atom. The molecule has 0 spiro atoms. The molecule has 1 aliphatic rings. The van der Waals surface area contributed by atoms with Crippen molar-refractivity contribution in [2.75, 3.05) is 0 Å². The minimum absolute atomic E-state index is 0.186. The van der Waals surface area contributed by atoms with Crippen molar-refractivity contribution in [3.63, 3.8) is 0 Å². The zero-order valence-corrected chi connectivity index (χ0v) is 34.0. The van der Waals surface area contributed by atoms with E-state index in [-0.39, 0.29) is 6.04 Å². The second kappa shape index (κ2) is 14.0. The zero-order chi connectivity index (χ0) is 40.6. The monoisotopic (exact) mass is 780 g/mol. The van der Waals surface area contributed by atoms with Crippen LogP contribution in [-0.2, 0) is 0 Å². The maximum absolute atomic E-state index is 5.41. The highest BCUT2D eigenvalue weighted by molar-refractivity contribution is 6.16. The van der Waals surface area contributed by atoms with Crippen LogP contribution in [0.4, 0.5) is 0 Å². The van der Waals surface area contributed by atoms with Crippen molar-refractivity contribution in [3.8, 4) is 45.3 Å². The molecule has 1 atom stereocenters.